The predicted molar refractivity (Wildman–Crippen MR) is 76.1 cm³/mol. The van der Waals surface area contributed by atoms with E-state index in [1.165, 1.54) is 11.1 Å². The Morgan fingerprint density at radius 3 is 2.61 bits per heavy atom. The monoisotopic (exact) mass is 246 g/mol. The van der Waals surface area contributed by atoms with Crippen LogP contribution in [0.3, 0.4) is 0 Å². The van der Waals surface area contributed by atoms with Crippen LogP contribution in [0.1, 0.15) is 31.4 Å². The van der Waals surface area contributed by atoms with Gasteiger partial charge in [-0.3, -0.25) is 4.79 Å². The molecule has 1 atom stereocenters. The maximum atomic E-state index is 11.4. The van der Waals surface area contributed by atoms with Crippen molar-refractivity contribution in [2.45, 2.75) is 33.2 Å². The highest BCUT2D eigenvalue weighted by atomic mass is 16.1. The van der Waals surface area contributed by atoms with Gasteiger partial charge in [0.05, 0.1) is 6.04 Å². The number of amides is 1. The number of aryl methyl sites for hydroxylation is 1. The van der Waals surface area contributed by atoms with Gasteiger partial charge in [0.1, 0.15) is 0 Å². The first-order valence-electron chi connectivity index (χ1n) is 6.34. The number of nitrogens with two attached hydrogens (primary N) is 1. The summed E-state index contributed by atoms with van der Waals surface area (Å²) in [5.74, 6) is -0.301. The lowest BCUT2D eigenvalue weighted by molar-refractivity contribution is -0.119. The van der Waals surface area contributed by atoms with E-state index in [0.717, 1.165) is 12.1 Å². The lowest BCUT2D eigenvalue weighted by atomic mass is 9.94. The minimum atomic E-state index is -0.305. The molecule has 98 valence electrons. The Hall–Kier alpha value is -1.61. The van der Waals surface area contributed by atoms with Crippen molar-refractivity contribution in [1.29, 1.82) is 0 Å². The van der Waals surface area contributed by atoms with Gasteiger partial charge < -0.3 is 11.1 Å². The molecule has 3 N–H and O–H groups in total. The van der Waals surface area contributed by atoms with Gasteiger partial charge in [-0.15, -0.1) is 0 Å². The van der Waals surface area contributed by atoms with E-state index < -0.39 is 0 Å². The number of nitrogens with one attached hydrogen (secondary N) is 1. The zero-order valence-electron chi connectivity index (χ0n) is 11.4. The molecular formula is C15H22N2O. The molecule has 0 radical (unpaired) electrons. The number of carbonyl (C=O) groups is 1. The van der Waals surface area contributed by atoms with Crippen LogP contribution in [-0.2, 0) is 4.79 Å². The zero-order valence-corrected chi connectivity index (χ0v) is 11.4. The Kier molecular flexibility index (Phi) is 5.59. The summed E-state index contributed by atoms with van der Waals surface area (Å²) in [6, 6.07) is 7.88. The normalized spacial score (nSPS) is 13.4. The van der Waals surface area contributed by atoms with Gasteiger partial charge in [0.15, 0.2) is 0 Å². The second-order valence-corrected chi connectivity index (χ2v) is 4.35. The molecule has 3 heteroatoms. The van der Waals surface area contributed by atoms with E-state index in [1.54, 1.807) is 0 Å². The summed E-state index contributed by atoms with van der Waals surface area (Å²) in [7, 11) is 0. The third-order valence-corrected chi connectivity index (χ3v) is 3.06. The molecule has 0 aromatic heterocycles. The van der Waals surface area contributed by atoms with Gasteiger partial charge in [0.25, 0.3) is 0 Å². The topological polar surface area (TPSA) is 55.1 Å². The van der Waals surface area contributed by atoms with Crippen molar-refractivity contribution in [3.63, 3.8) is 0 Å². The highest BCUT2D eigenvalue weighted by Gasteiger charge is 2.16. The maximum absolute atomic E-state index is 11.4. The number of benzene rings is 1. The molecule has 0 aliphatic carbocycles. The van der Waals surface area contributed by atoms with Crippen LogP contribution >= 0.6 is 0 Å². The molecule has 0 bridgehead atoms. The molecule has 3 nitrogen and oxygen atoms in total. The van der Waals surface area contributed by atoms with E-state index >= 15 is 0 Å². The fourth-order valence-corrected chi connectivity index (χ4v) is 2.06. The molecule has 0 saturated carbocycles. The second-order valence-electron chi connectivity index (χ2n) is 4.35. The molecule has 1 amide bonds. The van der Waals surface area contributed by atoms with E-state index in [0.29, 0.717) is 6.42 Å². The minimum Gasteiger partial charge on any atom is -0.368 e. The smallest absolute Gasteiger partial charge is 0.234 e. The van der Waals surface area contributed by atoms with Gasteiger partial charge in [-0.2, -0.15) is 0 Å². The third-order valence-electron chi connectivity index (χ3n) is 3.06. The Labute approximate surface area is 109 Å². The summed E-state index contributed by atoms with van der Waals surface area (Å²) < 4.78 is 0. The number of primary amides is 1. The fraction of sp³-hybridized carbons (Fsp3) is 0.400. The average Bonchev–Trinajstić information content (AvgIpc) is 2.35. The molecule has 1 aromatic carbocycles. The summed E-state index contributed by atoms with van der Waals surface area (Å²) in [4.78, 5) is 11.4. The summed E-state index contributed by atoms with van der Waals surface area (Å²) in [6.07, 6.45) is 2.68. The zero-order chi connectivity index (χ0) is 13.5. The van der Waals surface area contributed by atoms with E-state index in [2.05, 4.69) is 30.4 Å². The molecule has 0 aliphatic rings. The largest absolute Gasteiger partial charge is 0.368 e. The molecule has 0 fully saturated rings. The first kappa shape index (κ1) is 14.5. The summed E-state index contributed by atoms with van der Waals surface area (Å²) in [5, 5.41) is 3.12. The number of hydrogen-bond donors (Lipinski definition) is 2. The summed E-state index contributed by atoms with van der Waals surface area (Å²) >= 11 is 0. The Balaban J connectivity index is 2.92. The number of hydrogen-bond acceptors (Lipinski definition) is 2. The first-order valence-corrected chi connectivity index (χ1v) is 6.34. The Bertz CT molecular complexity index is 438. The van der Waals surface area contributed by atoms with Crippen LogP contribution in [0.5, 0.6) is 0 Å². The summed E-state index contributed by atoms with van der Waals surface area (Å²) in [5.41, 5.74) is 8.96. The SMILES string of the molecule is C/C=C(/CC(NCC)C(N)=O)c1ccccc1C. The number of likely N-dealkylation sites (N-methyl/N-ethyl adjacent to an activating group) is 1. The molecular weight excluding hydrogens is 224 g/mol. The van der Waals surface area contributed by atoms with E-state index in [4.69, 9.17) is 5.73 Å². The molecule has 1 unspecified atom stereocenters. The van der Waals surface area contributed by atoms with Crippen molar-refractivity contribution >= 4 is 11.5 Å². The predicted octanol–water partition coefficient (Wildman–Crippen LogP) is 2.25. The molecule has 1 rings (SSSR count). The maximum Gasteiger partial charge on any atom is 0.234 e. The van der Waals surface area contributed by atoms with Gasteiger partial charge in [-0.1, -0.05) is 37.3 Å². The Morgan fingerprint density at radius 2 is 2.11 bits per heavy atom. The first-order chi connectivity index (χ1) is 8.60. The van der Waals surface area contributed by atoms with Gasteiger partial charge in [0, 0.05) is 0 Å². The number of carbonyl (C=O) groups excluding carboxylic acids is 1. The highest BCUT2D eigenvalue weighted by Crippen LogP contribution is 2.23. The van der Waals surface area contributed by atoms with Crippen molar-refractivity contribution in [3.05, 3.63) is 41.5 Å². The standard InChI is InChI=1S/C15H22N2O/c1-4-12(10-14(15(16)18)17-5-2)13-9-7-6-8-11(13)3/h4,6-9,14,17H,5,10H2,1-3H3,(H2,16,18)/b12-4-. The van der Waals surface area contributed by atoms with Crippen LogP contribution in [0.4, 0.5) is 0 Å². The second kappa shape index (κ2) is 6.97. The van der Waals surface area contributed by atoms with Crippen LogP contribution in [0.2, 0.25) is 0 Å². The minimum absolute atomic E-state index is 0.301. The van der Waals surface area contributed by atoms with Crippen LogP contribution in [0.15, 0.2) is 30.3 Å². The van der Waals surface area contributed by atoms with Crippen LogP contribution in [0, 0.1) is 6.92 Å². The molecule has 0 spiro atoms. The van der Waals surface area contributed by atoms with Crippen molar-refractivity contribution in [3.8, 4) is 0 Å². The van der Waals surface area contributed by atoms with Gasteiger partial charge in [-0.05, 0) is 43.5 Å². The molecule has 18 heavy (non-hydrogen) atoms. The summed E-state index contributed by atoms with van der Waals surface area (Å²) in [6.45, 7) is 6.77. The quantitative estimate of drug-likeness (QED) is 0.809. The molecule has 1 aromatic rings. The molecule has 0 heterocycles. The van der Waals surface area contributed by atoms with E-state index in [-0.39, 0.29) is 11.9 Å². The third kappa shape index (κ3) is 3.70. The molecule has 0 saturated heterocycles. The highest BCUT2D eigenvalue weighted by molar-refractivity contribution is 5.83. The average molecular weight is 246 g/mol. The van der Waals surface area contributed by atoms with Crippen LogP contribution in [0.25, 0.3) is 5.57 Å². The van der Waals surface area contributed by atoms with Crippen molar-refractivity contribution < 1.29 is 4.79 Å². The van der Waals surface area contributed by atoms with Gasteiger partial charge >= 0.3 is 0 Å². The number of allylic oxidation sites excluding steroid dienone is 1. The van der Waals surface area contributed by atoms with Gasteiger partial charge in [0.2, 0.25) is 5.91 Å². The van der Waals surface area contributed by atoms with Crippen molar-refractivity contribution in [2.24, 2.45) is 5.73 Å². The van der Waals surface area contributed by atoms with E-state index in [1.807, 2.05) is 26.0 Å². The van der Waals surface area contributed by atoms with E-state index in [9.17, 15) is 4.79 Å². The Morgan fingerprint density at radius 1 is 1.44 bits per heavy atom. The van der Waals surface area contributed by atoms with Crippen molar-refractivity contribution in [2.75, 3.05) is 6.54 Å². The van der Waals surface area contributed by atoms with Crippen LogP contribution < -0.4 is 11.1 Å². The van der Waals surface area contributed by atoms with Gasteiger partial charge in [-0.25, -0.2) is 0 Å². The lowest BCUT2D eigenvalue weighted by Crippen LogP contribution is -2.41. The lowest BCUT2D eigenvalue weighted by Gasteiger charge is -2.17. The molecule has 0 aliphatic heterocycles. The fourth-order valence-electron chi connectivity index (χ4n) is 2.06. The number of rotatable bonds is 6. The van der Waals surface area contributed by atoms with Crippen molar-refractivity contribution in [1.82, 2.24) is 5.32 Å². The van der Waals surface area contributed by atoms with Crippen LogP contribution in [-0.4, -0.2) is 18.5 Å².